The summed E-state index contributed by atoms with van der Waals surface area (Å²) in [7, 11) is 1.59. The van der Waals surface area contributed by atoms with Crippen LogP contribution in [-0.2, 0) is 0 Å². The van der Waals surface area contributed by atoms with Gasteiger partial charge in [-0.1, -0.05) is 0 Å². The summed E-state index contributed by atoms with van der Waals surface area (Å²) < 4.78 is 5.17. The molecule has 0 unspecified atom stereocenters. The Labute approximate surface area is 100 Å². The molecule has 2 rings (SSSR count). The number of pyridine rings is 1. The van der Waals surface area contributed by atoms with Crippen molar-refractivity contribution in [3.05, 3.63) is 47.8 Å². The molecule has 0 radical (unpaired) electrons. The van der Waals surface area contributed by atoms with E-state index in [1.165, 1.54) is 0 Å². The molecule has 1 aromatic heterocycles. The van der Waals surface area contributed by atoms with Crippen LogP contribution in [0.25, 0.3) is 11.1 Å². The molecule has 0 bridgehead atoms. The molecule has 0 amide bonds. The minimum atomic E-state index is 0.598. The number of methoxy groups -OCH3 is 1. The Kier molecular flexibility index (Phi) is 3.19. The van der Waals surface area contributed by atoms with Crippen molar-refractivity contribution in [2.75, 3.05) is 7.11 Å². The van der Waals surface area contributed by atoms with Crippen LogP contribution in [0.4, 0.5) is 0 Å². The van der Waals surface area contributed by atoms with Crippen LogP contribution < -0.4 is 4.74 Å². The summed E-state index contributed by atoms with van der Waals surface area (Å²) in [6.45, 7) is 1.98. The highest BCUT2D eigenvalue weighted by Gasteiger charge is 2.04. The predicted molar refractivity (Wildman–Crippen MR) is 66.3 cm³/mol. The number of nitrogens with zero attached hydrogens (tertiary/aromatic N) is 1. The van der Waals surface area contributed by atoms with Gasteiger partial charge in [-0.15, -0.1) is 0 Å². The van der Waals surface area contributed by atoms with Crippen LogP contribution in [0, 0.1) is 6.92 Å². The van der Waals surface area contributed by atoms with E-state index in [2.05, 4.69) is 4.98 Å². The highest BCUT2D eigenvalue weighted by atomic mass is 16.5. The number of hydrogen-bond donors (Lipinski definition) is 0. The molecule has 3 nitrogen and oxygen atoms in total. The molecule has 0 saturated heterocycles. The van der Waals surface area contributed by atoms with Gasteiger partial charge in [-0.3, -0.25) is 9.78 Å². The van der Waals surface area contributed by atoms with Crippen molar-refractivity contribution >= 4 is 6.29 Å². The number of benzene rings is 1. The topological polar surface area (TPSA) is 39.2 Å². The van der Waals surface area contributed by atoms with Crippen LogP contribution in [0.1, 0.15) is 15.9 Å². The Morgan fingerprint density at radius 1 is 1.12 bits per heavy atom. The zero-order chi connectivity index (χ0) is 12.3. The second-order valence-corrected chi connectivity index (χ2v) is 3.86. The summed E-state index contributed by atoms with van der Waals surface area (Å²) in [5.41, 5.74) is 3.59. The maximum Gasteiger partial charge on any atom is 0.150 e. The van der Waals surface area contributed by atoms with Gasteiger partial charge in [0.1, 0.15) is 12.0 Å². The fourth-order valence-electron chi connectivity index (χ4n) is 1.69. The Morgan fingerprint density at radius 2 is 1.94 bits per heavy atom. The van der Waals surface area contributed by atoms with E-state index in [-0.39, 0.29) is 0 Å². The van der Waals surface area contributed by atoms with Gasteiger partial charge in [-0.2, -0.15) is 0 Å². The standard InChI is InChI=1S/C14H13NO2/c1-10-3-13(8-15-7-10)12-4-11(9-16)5-14(6-12)17-2/h3-9H,1-2H3. The molecule has 0 spiro atoms. The van der Waals surface area contributed by atoms with Gasteiger partial charge in [0.2, 0.25) is 0 Å². The number of rotatable bonds is 3. The molecule has 0 aliphatic heterocycles. The van der Waals surface area contributed by atoms with Crippen molar-refractivity contribution in [2.45, 2.75) is 6.92 Å². The van der Waals surface area contributed by atoms with Crippen molar-refractivity contribution in [3.8, 4) is 16.9 Å². The van der Waals surface area contributed by atoms with Gasteiger partial charge in [-0.05, 0) is 42.3 Å². The average molecular weight is 227 g/mol. The van der Waals surface area contributed by atoms with Gasteiger partial charge < -0.3 is 4.74 Å². The molecule has 0 atom stereocenters. The van der Waals surface area contributed by atoms with E-state index in [4.69, 9.17) is 4.74 Å². The van der Waals surface area contributed by atoms with Gasteiger partial charge in [0.25, 0.3) is 0 Å². The van der Waals surface area contributed by atoms with E-state index in [0.29, 0.717) is 11.3 Å². The second-order valence-electron chi connectivity index (χ2n) is 3.86. The van der Waals surface area contributed by atoms with E-state index >= 15 is 0 Å². The lowest BCUT2D eigenvalue weighted by Gasteiger charge is -2.06. The highest BCUT2D eigenvalue weighted by molar-refractivity contribution is 5.80. The molecule has 0 saturated carbocycles. The smallest absolute Gasteiger partial charge is 0.150 e. The minimum Gasteiger partial charge on any atom is -0.497 e. The quantitative estimate of drug-likeness (QED) is 0.757. The zero-order valence-corrected chi connectivity index (χ0v) is 9.81. The van der Waals surface area contributed by atoms with Crippen molar-refractivity contribution in [3.63, 3.8) is 0 Å². The van der Waals surface area contributed by atoms with Gasteiger partial charge in [-0.25, -0.2) is 0 Å². The number of aromatic nitrogens is 1. The first-order valence-electron chi connectivity index (χ1n) is 5.29. The molecule has 1 aromatic carbocycles. The molecule has 0 aliphatic rings. The number of ether oxygens (including phenoxy) is 1. The van der Waals surface area contributed by atoms with Crippen LogP contribution in [-0.4, -0.2) is 18.4 Å². The number of carbonyl (C=O) groups excluding carboxylic acids is 1. The second kappa shape index (κ2) is 4.78. The third kappa shape index (κ3) is 2.50. The average Bonchev–Trinajstić information content (AvgIpc) is 2.38. The molecule has 0 fully saturated rings. The first-order chi connectivity index (χ1) is 8.22. The zero-order valence-electron chi connectivity index (χ0n) is 9.81. The molecule has 2 aromatic rings. The molecule has 17 heavy (non-hydrogen) atoms. The number of aryl methyl sites for hydroxylation is 1. The third-order valence-corrected chi connectivity index (χ3v) is 2.51. The molecule has 1 heterocycles. The summed E-state index contributed by atoms with van der Waals surface area (Å²) in [5, 5.41) is 0. The van der Waals surface area contributed by atoms with Crippen LogP contribution in [0.3, 0.4) is 0 Å². The van der Waals surface area contributed by atoms with E-state index < -0.39 is 0 Å². The predicted octanol–water partition coefficient (Wildman–Crippen LogP) is 2.88. The lowest BCUT2D eigenvalue weighted by molar-refractivity contribution is 0.112. The number of aldehydes is 1. The molecule has 0 aliphatic carbocycles. The maximum atomic E-state index is 10.9. The summed E-state index contributed by atoms with van der Waals surface area (Å²) in [6, 6.07) is 7.45. The number of hydrogen-bond acceptors (Lipinski definition) is 3. The van der Waals surface area contributed by atoms with Crippen LogP contribution in [0.15, 0.2) is 36.7 Å². The monoisotopic (exact) mass is 227 g/mol. The van der Waals surface area contributed by atoms with Crippen molar-refractivity contribution in [2.24, 2.45) is 0 Å². The van der Waals surface area contributed by atoms with Crippen LogP contribution in [0.5, 0.6) is 5.75 Å². The first-order valence-corrected chi connectivity index (χ1v) is 5.29. The summed E-state index contributed by atoms with van der Waals surface area (Å²) in [4.78, 5) is 15.0. The lowest BCUT2D eigenvalue weighted by atomic mass is 10.0. The fourth-order valence-corrected chi connectivity index (χ4v) is 1.69. The van der Waals surface area contributed by atoms with Gasteiger partial charge >= 0.3 is 0 Å². The van der Waals surface area contributed by atoms with Crippen molar-refractivity contribution in [1.29, 1.82) is 0 Å². The Bertz CT molecular complexity index is 550. The van der Waals surface area contributed by atoms with Gasteiger partial charge in [0, 0.05) is 23.5 Å². The van der Waals surface area contributed by atoms with Crippen molar-refractivity contribution < 1.29 is 9.53 Å². The molecular weight excluding hydrogens is 214 g/mol. The van der Waals surface area contributed by atoms with E-state index in [0.717, 1.165) is 23.0 Å². The lowest BCUT2D eigenvalue weighted by Crippen LogP contribution is -1.89. The van der Waals surface area contributed by atoms with Gasteiger partial charge in [0.15, 0.2) is 0 Å². The van der Waals surface area contributed by atoms with E-state index in [1.54, 1.807) is 25.6 Å². The fraction of sp³-hybridized carbons (Fsp3) is 0.143. The van der Waals surface area contributed by atoms with E-state index in [9.17, 15) is 4.79 Å². The molecular formula is C14H13NO2. The first kappa shape index (κ1) is 11.3. The molecule has 86 valence electrons. The number of carbonyl (C=O) groups is 1. The Balaban J connectivity index is 2.54. The van der Waals surface area contributed by atoms with E-state index in [1.807, 2.05) is 25.1 Å². The highest BCUT2D eigenvalue weighted by Crippen LogP contribution is 2.25. The van der Waals surface area contributed by atoms with Gasteiger partial charge in [0.05, 0.1) is 7.11 Å². The maximum absolute atomic E-state index is 10.9. The summed E-state index contributed by atoms with van der Waals surface area (Å²) >= 11 is 0. The molecule has 0 N–H and O–H groups in total. The SMILES string of the molecule is COc1cc(C=O)cc(-c2cncc(C)c2)c1. The van der Waals surface area contributed by atoms with Crippen LogP contribution in [0.2, 0.25) is 0 Å². The largest absolute Gasteiger partial charge is 0.497 e. The van der Waals surface area contributed by atoms with Crippen molar-refractivity contribution in [1.82, 2.24) is 4.98 Å². The minimum absolute atomic E-state index is 0.598. The summed E-state index contributed by atoms with van der Waals surface area (Å²) in [5.74, 6) is 0.672. The Hall–Kier alpha value is -2.16. The summed E-state index contributed by atoms with van der Waals surface area (Å²) in [6.07, 6.45) is 4.38. The molecule has 3 heteroatoms. The third-order valence-electron chi connectivity index (χ3n) is 2.51. The normalized spacial score (nSPS) is 10.0. The van der Waals surface area contributed by atoms with Crippen LogP contribution >= 0.6 is 0 Å². The Morgan fingerprint density at radius 3 is 2.59 bits per heavy atom.